The van der Waals surface area contributed by atoms with Gasteiger partial charge < -0.3 is 14.6 Å². The van der Waals surface area contributed by atoms with Gasteiger partial charge in [-0.3, -0.25) is 4.79 Å². The first-order chi connectivity index (χ1) is 11.7. The lowest BCUT2D eigenvalue weighted by Crippen LogP contribution is -2.19. The maximum atomic E-state index is 11.5. The third-order valence-corrected chi connectivity index (χ3v) is 5.42. The van der Waals surface area contributed by atoms with Gasteiger partial charge in [0.2, 0.25) is 0 Å². The number of carbonyl (C=O) groups is 1. The average molecular weight is 341 g/mol. The largest absolute Gasteiger partial charge is 0.481 e. The van der Waals surface area contributed by atoms with Crippen molar-refractivity contribution in [1.29, 1.82) is 0 Å². The first kappa shape index (κ1) is 19.7. The molecule has 0 bridgehead atoms. The molecule has 2 fully saturated rings. The number of epoxide rings is 2. The summed E-state index contributed by atoms with van der Waals surface area (Å²) in [6, 6.07) is 0. The predicted octanol–water partition coefficient (Wildman–Crippen LogP) is 4.94. The molecule has 4 nitrogen and oxygen atoms in total. The fourth-order valence-corrected chi connectivity index (χ4v) is 3.73. The van der Waals surface area contributed by atoms with Crippen LogP contribution in [0, 0.1) is 5.92 Å². The molecule has 2 aliphatic rings. The maximum absolute atomic E-state index is 11.5. The van der Waals surface area contributed by atoms with E-state index >= 15 is 0 Å². The number of aliphatic carboxylic acids is 1. The quantitative estimate of drug-likeness (QED) is 0.339. The summed E-state index contributed by atoms with van der Waals surface area (Å²) < 4.78 is 11.3. The summed E-state index contributed by atoms with van der Waals surface area (Å²) >= 11 is 0. The van der Waals surface area contributed by atoms with Crippen LogP contribution in [0.15, 0.2) is 0 Å². The van der Waals surface area contributed by atoms with E-state index in [9.17, 15) is 9.90 Å². The van der Waals surface area contributed by atoms with Gasteiger partial charge in [0.15, 0.2) is 0 Å². The van der Waals surface area contributed by atoms with Crippen molar-refractivity contribution in [3.05, 3.63) is 0 Å². The molecule has 0 saturated carbocycles. The van der Waals surface area contributed by atoms with Gasteiger partial charge in [0.25, 0.3) is 0 Å². The fourth-order valence-electron chi connectivity index (χ4n) is 3.73. The van der Waals surface area contributed by atoms with Crippen molar-refractivity contribution in [2.75, 3.05) is 0 Å². The highest BCUT2D eigenvalue weighted by Crippen LogP contribution is 2.38. The molecule has 1 N–H and O–H groups in total. The van der Waals surface area contributed by atoms with Crippen LogP contribution in [0.2, 0.25) is 0 Å². The summed E-state index contributed by atoms with van der Waals surface area (Å²) in [6.45, 7) is 4.38. The van der Waals surface area contributed by atoms with Crippen molar-refractivity contribution < 1.29 is 19.4 Å². The van der Waals surface area contributed by atoms with Gasteiger partial charge in [-0.15, -0.1) is 0 Å². The number of unbranched alkanes of at least 4 members (excludes halogenated alkanes) is 6. The molecule has 5 unspecified atom stereocenters. The first-order valence-corrected chi connectivity index (χ1v) is 10.2. The van der Waals surface area contributed by atoms with E-state index in [1.165, 1.54) is 44.9 Å². The zero-order valence-corrected chi connectivity index (χ0v) is 15.5. The monoisotopic (exact) mass is 340 g/mol. The maximum Gasteiger partial charge on any atom is 0.306 e. The molecule has 2 saturated heterocycles. The first-order valence-electron chi connectivity index (χ1n) is 10.2. The minimum atomic E-state index is -0.689. The van der Waals surface area contributed by atoms with Gasteiger partial charge in [-0.1, -0.05) is 65.2 Å². The highest BCUT2D eigenvalue weighted by molar-refractivity contribution is 5.70. The summed E-state index contributed by atoms with van der Waals surface area (Å²) in [5.74, 6) is -0.994. The normalized spacial score (nSPS) is 29.4. The summed E-state index contributed by atoms with van der Waals surface area (Å²) in [5, 5.41) is 9.43. The lowest BCUT2D eigenvalue weighted by Gasteiger charge is -2.09. The smallest absolute Gasteiger partial charge is 0.306 e. The number of carboxylic acids is 1. The van der Waals surface area contributed by atoms with Crippen LogP contribution < -0.4 is 0 Å². The minimum absolute atomic E-state index is 0.173. The van der Waals surface area contributed by atoms with Gasteiger partial charge in [-0.2, -0.15) is 0 Å². The van der Waals surface area contributed by atoms with Crippen LogP contribution in [0.4, 0.5) is 0 Å². The van der Waals surface area contributed by atoms with E-state index in [4.69, 9.17) is 9.47 Å². The van der Waals surface area contributed by atoms with E-state index in [0.717, 1.165) is 19.3 Å². The van der Waals surface area contributed by atoms with Gasteiger partial charge >= 0.3 is 5.97 Å². The highest BCUT2D eigenvalue weighted by atomic mass is 16.6. The second-order valence-corrected chi connectivity index (χ2v) is 7.63. The van der Waals surface area contributed by atoms with Crippen LogP contribution in [-0.4, -0.2) is 35.5 Å². The minimum Gasteiger partial charge on any atom is -0.481 e. The summed E-state index contributed by atoms with van der Waals surface area (Å²) in [5.41, 5.74) is 0. The molecular weight excluding hydrogens is 304 g/mol. The lowest BCUT2D eigenvalue weighted by molar-refractivity contribution is -0.142. The zero-order valence-electron chi connectivity index (χ0n) is 15.5. The molecule has 140 valence electrons. The number of hydrogen-bond acceptors (Lipinski definition) is 3. The van der Waals surface area contributed by atoms with Crippen molar-refractivity contribution in [1.82, 2.24) is 0 Å². The topological polar surface area (TPSA) is 62.4 Å². The molecule has 0 aliphatic carbocycles. The standard InChI is InChI=1S/C20H36O4/c1-3-5-6-7-8-9-10-12-17-19(24-17)14-15(20(21)22)13-18-16(23-18)11-4-2/h15-19H,3-14H2,1-2H3,(H,21,22). The van der Waals surface area contributed by atoms with Gasteiger partial charge in [-0.25, -0.2) is 0 Å². The van der Waals surface area contributed by atoms with E-state index in [0.29, 0.717) is 25.0 Å². The molecule has 2 rings (SSSR count). The fraction of sp³-hybridized carbons (Fsp3) is 0.950. The van der Waals surface area contributed by atoms with Crippen molar-refractivity contribution >= 4 is 5.97 Å². The van der Waals surface area contributed by atoms with E-state index in [1.807, 2.05) is 0 Å². The van der Waals surface area contributed by atoms with Crippen LogP contribution in [0.3, 0.4) is 0 Å². The van der Waals surface area contributed by atoms with Gasteiger partial charge in [0.05, 0.1) is 30.3 Å². The van der Waals surface area contributed by atoms with Crippen LogP contribution in [0.5, 0.6) is 0 Å². The number of carboxylic acid groups (broad SMARTS) is 1. The third-order valence-electron chi connectivity index (χ3n) is 5.42. The van der Waals surface area contributed by atoms with Gasteiger partial charge in [-0.05, 0) is 25.7 Å². The second kappa shape index (κ2) is 10.4. The Morgan fingerprint density at radius 2 is 1.33 bits per heavy atom. The SMILES string of the molecule is CCCCCCCCCC1OC1CC(CC1OC1CCC)C(=O)O. The Morgan fingerprint density at radius 1 is 0.792 bits per heavy atom. The lowest BCUT2D eigenvalue weighted by atomic mass is 9.94. The second-order valence-electron chi connectivity index (χ2n) is 7.63. The van der Waals surface area contributed by atoms with Crippen LogP contribution in [0.1, 0.15) is 90.9 Å². The van der Waals surface area contributed by atoms with Gasteiger partial charge in [0, 0.05) is 0 Å². The van der Waals surface area contributed by atoms with E-state index in [2.05, 4.69) is 13.8 Å². The Hall–Kier alpha value is -0.610. The third kappa shape index (κ3) is 7.10. The Bertz CT molecular complexity index is 371. The van der Waals surface area contributed by atoms with Crippen LogP contribution >= 0.6 is 0 Å². The molecule has 2 aliphatic heterocycles. The average Bonchev–Trinajstić information content (AvgIpc) is 3.45. The zero-order chi connectivity index (χ0) is 17.4. The van der Waals surface area contributed by atoms with Crippen molar-refractivity contribution in [2.45, 2.75) is 115 Å². The van der Waals surface area contributed by atoms with Crippen LogP contribution in [-0.2, 0) is 14.3 Å². The number of hydrogen-bond donors (Lipinski definition) is 1. The Labute approximate surface area is 147 Å². The van der Waals surface area contributed by atoms with Gasteiger partial charge in [0.1, 0.15) is 0 Å². The molecule has 2 heterocycles. The molecule has 5 atom stereocenters. The summed E-state index contributed by atoms with van der Waals surface area (Å²) in [7, 11) is 0. The summed E-state index contributed by atoms with van der Waals surface area (Å²) in [6.07, 6.45) is 14.7. The van der Waals surface area contributed by atoms with Crippen molar-refractivity contribution in [2.24, 2.45) is 5.92 Å². The van der Waals surface area contributed by atoms with E-state index in [-0.39, 0.29) is 18.1 Å². The van der Waals surface area contributed by atoms with Crippen molar-refractivity contribution in [3.63, 3.8) is 0 Å². The van der Waals surface area contributed by atoms with E-state index in [1.54, 1.807) is 0 Å². The molecule has 4 heteroatoms. The number of ether oxygens (including phenoxy) is 2. The molecule has 0 amide bonds. The summed E-state index contributed by atoms with van der Waals surface area (Å²) in [4.78, 5) is 11.5. The Balaban J connectivity index is 1.52. The van der Waals surface area contributed by atoms with Crippen LogP contribution in [0.25, 0.3) is 0 Å². The molecule has 24 heavy (non-hydrogen) atoms. The molecule has 0 aromatic carbocycles. The highest BCUT2D eigenvalue weighted by Gasteiger charge is 2.45. The Morgan fingerprint density at radius 3 is 1.88 bits per heavy atom. The molecule has 0 aromatic heterocycles. The molecule has 0 aromatic rings. The molecule has 0 spiro atoms. The molecule has 0 radical (unpaired) electrons. The molecular formula is C20H36O4. The van der Waals surface area contributed by atoms with Crippen molar-refractivity contribution in [3.8, 4) is 0 Å². The van der Waals surface area contributed by atoms with E-state index < -0.39 is 5.97 Å². The Kier molecular flexibility index (Phi) is 8.54. The predicted molar refractivity (Wildman–Crippen MR) is 95.2 cm³/mol. The number of rotatable bonds is 15.